The molecule has 96 valence electrons. The van der Waals surface area contributed by atoms with Crippen molar-refractivity contribution in [3.63, 3.8) is 0 Å². The minimum atomic E-state index is 0.228. The molecule has 0 saturated carbocycles. The fourth-order valence-electron chi connectivity index (χ4n) is 2.05. The van der Waals surface area contributed by atoms with Gasteiger partial charge in [0.25, 0.3) is 0 Å². The van der Waals surface area contributed by atoms with Crippen LogP contribution in [0.5, 0.6) is 0 Å². The molecule has 0 fully saturated rings. The molecule has 1 unspecified atom stereocenters. The molecular weight excluding hydrogens is 342 g/mol. The van der Waals surface area contributed by atoms with E-state index >= 15 is 0 Å². The highest BCUT2D eigenvalue weighted by molar-refractivity contribution is 9.11. The summed E-state index contributed by atoms with van der Waals surface area (Å²) < 4.78 is 2.35. The van der Waals surface area contributed by atoms with Crippen molar-refractivity contribution in [3.8, 4) is 0 Å². The zero-order chi connectivity index (χ0) is 13.2. The molecule has 0 radical (unpaired) electrons. The summed E-state index contributed by atoms with van der Waals surface area (Å²) in [5.41, 5.74) is 2.80. The third kappa shape index (κ3) is 3.33. The lowest BCUT2D eigenvalue weighted by atomic mass is 9.78. The van der Waals surface area contributed by atoms with Crippen molar-refractivity contribution in [2.45, 2.75) is 40.2 Å². The molecule has 1 aromatic carbocycles. The van der Waals surface area contributed by atoms with Crippen molar-refractivity contribution >= 4 is 31.9 Å². The number of hydrogen-bond acceptors (Lipinski definition) is 1. The third-order valence-electron chi connectivity index (χ3n) is 3.57. The summed E-state index contributed by atoms with van der Waals surface area (Å²) in [5.74, 6) is 0. The molecule has 1 rings (SSSR count). The quantitative estimate of drug-likeness (QED) is 0.774. The Kier molecular flexibility index (Phi) is 5.23. The standard InChI is InChI=1S/C14H21Br2N/c1-6-14(3,4)13(17-5)10-8-11(15)9(2)7-12(10)16/h7-8,13,17H,6H2,1-5H3. The van der Waals surface area contributed by atoms with E-state index in [2.05, 4.69) is 77.0 Å². The number of rotatable bonds is 4. The van der Waals surface area contributed by atoms with Gasteiger partial charge in [0.2, 0.25) is 0 Å². The van der Waals surface area contributed by atoms with E-state index in [0.717, 1.165) is 6.42 Å². The van der Waals surface area contributed by atoms with Crippen molar-refractivity contribution in [2.24, 2.45) is 5.41 Å². The smallest absolute Gasteiger partial charge is 0.0380 e. The summed E-state index contributed by atoms with van der Waals surface area (Å²) in [4.78, 5) is 0. The van der Waals surface area contributed by atoms with Crippen molar-refractivity contribution < 1.29 is 0 Å². The number of benzene rings is 1. The van der Waals surface area contributed by atoms with Crippen LogP contribution in [0.4, 0.5) is 0 Å². The van der Waals surface area contributed by atoms with Crippen LogP contribution in [-0.4, -0.2) is 7.05 Å². The predicted molar refractivity (Wildman–Crippen MR) is 82.5 cm³/mol. The zero-order valence-electron chi connectivity index (χ0n) is 11.2. The number of hydrogen-bond donors (Lipinski definition) is 1. The van der Waals surface area contributed by atoms with Crippen LogP contribution in [0.15, 0.2) is 21.1 Å². The molecule has 0 amide bonds. The fourth-order valence-corrected chi connectivity index (χ4v) is 3.10. The molecule has 1 aromatic rings. The first-order valence-electron chi connectivity index (χ1n) is 5.96. The molecule has 1 atom stereocenters. The lowest BCUT2D eigenvalue weighted by Crippen LogP contribution is -2.31. The van der Waals surface area contributed by atoms with Crippen molar-refractivity contribution in [3.05, 3.63) is 32.2 Å². The lowest BCUT2D eigenvalue weighted by molar-refractivity contribution is 0.244. The Hall–Kier alpha value is 0.140. The molecule has 17 heavy (non-hydrogen) atoms. The Labute approximate surface area is 122 Å². The van der Waals surface area contributed by atoms with Gasteiger partial charge in [0, 0.05) is 15.0 Å². The molecule has 1 nitrogen and oxygen atoms in total. The summed E-state index contributed by atoms with van der Waals surface area (Å²) in [6.07, 6.45) is 1.14. The van der Waals surface area contributed by atoms with Crippen LogP contribution < -0.4 is 5.32 Å². The molecule has 0 heterocycles. The highest BCUT2D eigenvalue weighted by atomic mass is 79.9. The van der Waals surface area contributed by atoms with E-state index in [1.54, 1.807) is 0 Å². The Morgan fingerprint density at radius 2 is 1.82 bits per heavy atom. The van der Waals surface area contributed by atoms with E-state index in [9.17, 15) is 0 Å². The maximum atomic E-state index is 3.68. The first-order valence-corrected chi connectivity index (χ1v) is 7.55. The maximum Gasteiger partial charge on any atom is 0.0380 e. The third-order valence-corrected chi connectivity index (χ3v) is 5.11. The first kappa shape index (κ1) is 15.2. The van der Waals surface area contributed by atoms with Crippen LogP contribution in [0.1, 0.15) is 44.4 Å². The van der Waals surface area contributed by atoms with Crippen LogP contribution in [0.3, 0.4) is 0 Å². The van der Waals surface area contributed by atoms with Gasteiger partial charge >= 0.3 is 0 Å². The SMILES string of the molecule is CCC(C)(C)C(NC)c1cc(Br)c(C)cc1Br. The van der Waals surface area contributed by atoms with E-state index < -0.39 is 0 Å². The molecule has 0 bridgehead atoms. The molecule has 0 aliphatic rings. The predicted octanol–water partition coefficient (Wildman–Crippen LogP) is 5.22. The van der Waals surface area contributed by atoms with E-state index in [1.807, 2.05) is 7.05 Å². The first-order chi connectivity index (χ1) is 7.83. The second-order valence-corrected chi connectivity index (χ2v) is 6.90. The van der Waals surface area contributed by atoms with Gasteiger partial charge in [-0.3, -0.25) is 0 Å². The second-order valence-electron chi connectivity index (χ2n) is 5.19. The van der Waals surface area contributed by atoms with Crippen molar-refractivity contribution in [1.82, 2.24) is 5.32 Å². The molecule has 0 aliphatic carbocycles. The molecule has 0 aromatic heterocycles. The summed E-state index contributed by atoms with van der Waals surface area (Å²) in [6, 6.07) is 4.74. The molecular formula is C14H21Br2N. The minimum absolute atomic E-state index is 0.228. The van der Waals surface area contributed by atoms with E-state index in [0.29, 0.717) is 6.04 Å². The Morgan fingerprint density at radius 3 is 2.29 bits per heavy atom. The van der Waals surface area contributed by atoms with Gasteiger partial charge in [-0.2, -0.15) is 0 Å². The Balaban J connectivity index is 3.26. The van der Waals surface area contributed by atoms with Gasteiger partial charge in [0.1, 0.15) is 0 Å². The van der Waals surface area contributed by atoms with E-state index in [-0.39, 0.29) is 5.41 Å². The number of halogens is 2. The molecule has 3 heteroatoms. The molecule has 0 spiro atoms. The van der Waals surface area contributed by atoms with Crippen LogP contribution in [-0.2, 0) is 0 Å². The van der Waals surface area contributed by atoms with Crippen molar-refractivity contribution in [1.29, 1.82) is 0 Å². The topological polar surface area (TPSA) is 12.0 Å². The van der Waals surface area contributed by atoms with Crippen LogP contribution >= 0.6 is 31.9 Å². The monoisotopic (exact) mass is 361 g/mol. The van der Waals surface area contributed by atoms with Gasteiger partial charge in [0.15, 0.2) is 0 Å². The van der Waals surface area contributed by atoms with Crippen LogP contribution in [0, 0.1) is 12.3 Å². The Morgan fingerprint density at radius 1 is 1.24 bits per heavy atom. The highest BCUT2D eigenvalue weighted by Crippen LogP contribution is 2.40. The summed E-state index contributed by atoms with van der Waals surface area (Å²) in [5, 5.41) is 3.45. The van der Waals surface area contributed by atoms with Crippen LogP contribution in [0.25, 0.3) is 0 Å². The molecule has 1 N–H and O–H groups in total. The van der Waals surface area contributed by atoms with E-state index in [4.69, 9.17) is 0 Å². The van der Waals surface area contributed by atoms with Crippen molar-refractivity contribution in [2.75, 3.05) is 7.05 Å². The maximum absolute atomic E-state index is 3.68. The van der Waals surface area contributed by atoms with Gasteiger partial charge in [-0.1, -0.05) is 52.6 Å². The van der Waals surface area contributed by atoms with E-state index in [1.165, 1.54) is 20.1 Å². The average molecular weight is 363 g/mol. The van der Waals surface area contributed by atoms with Gasteiger partial charge in [-0.15, -0.1) is 0 Å². The molecule has 0 aliphatic heterocycles. The Bertz CT molecular complexity index is 399. The lowest BCUT2D eigenvalue weighted by Gasteiger charge is -2.34. The largest absolute Gasteiger partial charge is 0.313 e. The normalized spacial score (nSPS) is 13.8. The van der Waals surface area contributed by atoms with Gasteiger partial charge < -0.3 is 5.32 Å². The molecule has 0 saturated heterocycles. The van der Waals surface area contributed by atoms with Crippen LogP contribution in [0.2, 0.25) is 0 Å². The van der Waals surface area contributed by atoms with Gasteiger partial charge in [-0.25, -0.2) is 0 Å². The summed E-state index contributed by atoms with van der Waals surface area (Å²) in [6.45, 7) is 8.95. The highest BCUT2D eigenvalue weighted by Gasteiger charge is 2.29. The minimum Gasteiger partial charge on any atom is -0.313 e. The summed E-state index contributed by atoms with van der Waals surface area (Å²) >= 11 is 7.30. The fraction of sp³-hybridized carbons (Fsp3) is 0.571. The number of aryl methyl sites for hydroxylation is 1. The zero-order valence-corrected chi connectivity index (χ0v) is 14.4. The average Bonchev–Trinajstić information content (AvgIpc) is 2.26. The second kappa shape index (κ2) is 5.85. The summed E-state index contributed by atoms with van der Waals surface area (Å²) in [7, 11) is 2.03. The van der Waals surface area contributed by atoms with Gasteiger partial charge in [0.05, 0.1) is 0 Å². The van der Waals surface area contributed by atoms with Gasteiger partial charge in [-0.05, 0) is 49.1 Å². The number of nitrogens with one attached hydrogen (secondary N) is 1.